The van der Waals surface area contributed by atoms with Crippen molar-refractivity contribution >= 4 is 28.5 Å². The Labute approximate surface area is 238 Å². The highest BCUT2D eigenvalue weighted by molar-refractivity contribution is 5.94. The lowest BCUT2D eigenvalue weighted by atomic mass is 10.2. The van der Waals surface area contributed by atoms with E-state index in [1.54, 1.807) is 36.5 Å². The number of unbranched alkanes of at least 4 members (excludes halogenated alkanes) is 2. The average molecular weight is 562 g/mol. The van der Waals surface area contributed by atoms with E-state index in [0.717, 1.165) is 43.4 Å². The van der Waals surface area contributed by atoms with Crippen molar-refractivity contribution in [2.24, 2.45) is 0 Å². The summed E-state index contributed by atoms with van der Waals surface area (Å²) in [6.45, 7) is 6.53. The highest BCUT2D eigenvalue weighted by atomic mass is 16.5. The molecule has 0 bridgehead atoms. The molecule has 0 fully saturated rings. The van der Waals surface area contributed by atoms with Gasteiger partial charge in [-0.05, 0) is 69.2 Å². The van der Waals surface area contributed by atoms with Crippen LogP contribution in [0.15, 0.2) is 63.9 Å². The van der Waals surface area contributed by atoms with Gasteiger partial charge in [-0.15, -0.1) is 5.10 Å². The minimum Gasteiger partial charge on any atom is -0.487 e. The number of hydrogen-bond acceptors (Lipinski definition) is 9. The Morgan fingerprint density at radius 3 is 2.54 bits per heavy atom. The Balaban J connectivity index is 1.30. The van der Waals surface area contributed by atoms with Gasteiger partial charge in [0, 0.05) is 48.8 Å². The number of carbonyl (C=O) groups excluding carboxylic acids is 2. The van der Waals surface area contributed by atoms with Crippen LogP contribution < -0.4 is 20.6 Å². The number of benzene rings is 2. The van der Waals surface area contributed by atoms with Crippen LogP contribution in [0.25, 0.3) is 16.7 Å². The summed E-state index contributed by atoms with van der Waals surface area (Å²) in [6.07, 6.45) is 4.35. The first kappa shape index (κ1) is 29.3. The van der Waals surface area contributed by atoms with E-state index in [9.17, 15) is 14.4 Å². The van der Waals surface area contributed by atoms with Crippen molar-refractivity contribution in [2.75, 3.05) is 31.6 Å². The van der Waals surface area contributed by atoms with Crippen molar-refractivity contribution in [1.29, 1.82) is 0 Å². The maximum absolute atomic E-state index is 12.7. The number of methoxy groups -OCH3 is 1. The fourth-order valence-corrected chi connectivity index (χ4v) is 4.35. The monoisotopic (exact) mass is 561 g/mol. The number of carbonyl (C=O) groups is 2. The molecule has 1 amide bonds. The van der Waals surface area contributed by atoms with Gasteiger partial charge in [0.25, 0.3) is 5.91 Å². The topological polar surface area (TPSA) is 129 Å². The molecule has 216 valence electrons. The van der Waals surface area contributed by atoms with Gasteiger partial charge in [-0.2, -0.15) is 0 Å². The van der Waals surface area contributed by atoms with Gasteiger partial charge < -0.3 is 24.1 Å². The highest BCUT2D eigenvalue weighted by Crippen LogP contribution is 2.23. The van der Waals surface area contributed by atoms with Crippen LogP contribution in [0.5, 0.6) is 5.75 Å². The molecular formula is C30H35N5O6. The molecule has 0 radical (unpaired) electrons. The molecule has 1 N–H and O–H groups in total. The number of anilines is 1. The van der Waals surface area contributed by atoms with Crippen LogP contribution in [0.4, 0.5) is 5.69 Å². The van der Waals surface area contributed by atoms with Crippen LogP contribution in [0, 0.1) is 0 Å². The number of fused-ring (bicyclic) bond motifs is 1. The normalized spacial score (nSPS) is 10.9. The summed E-state index contributed by atoms with van der Waals surface area (Å²) in [5, 5.41) is 11.8. The molecule has 4 aromatic rings. The molecule has 0 atom stereocenters. The molecule has 11 heteroatoms. The maximum Gasteiger partial charge on any atom is 0.362 e. The number of ether oxygens (including phenoxy) is 2. The number of nitrogens with one attached hydrogen (secondary N) is 1. The van der Waals surface area contributed by atoms with E-state index in [1.807, 2.05) is 18.2 Å². The second-order valence-electron chi connectivity index (χ2n) is 9.42. The highest BCUT2D eigenvalue weighted by Gasteiger charge is 2.13. The zero-order valence-electron chi connectivity index (χ0n) is 23.6. The Kier molecular flexibility index (Phi) is 10.1. The third-order valence-electron chi connectivity index (χ3n) is 6.69. The molecule has 0 spiro atoms. The molecule has 0 aliphatic heterocycles. The number of nitrogens with zero attached hydrogens (tertiary/aromatic N) is 4. The van der Waals surface area contributed by atoms with E-state index in [1.165, 1.54) is 11.8 Å². The zero-order chi connectivity index (χ0) is 29.2. The summed E-state index contributed by atoms with van der Waals surface area (Å²) in [5.41, 5.74) is 2.30. The summed E-state index contributed by atoms with van der Waals surface area (Å²) in [6, 6.07) is 14.3. The van der Waals surface area contributed by atoms with Crippen molar-refractivity contribution in [3.63, 3.8) is 0 Å². The van der Waals surface area contributed by atoms with E-state index < -0.39 is 5.63 Å². The number of aromatic nitrogens is 3. The standard InChI is InChI=1S/C30H35N5O6/c1-4-34(5-2)24-13-10-22-17-26(30(38)41-27(22)18-24)35-19-23(32-33-35)20-40-25-14-11-21(12-15-25)29(37)31-16-8-6-7-9-28(36)39-3/h10-15,17-19H,4-9,16,20H2,1-3H3,(H,31,37). The lowest BCUT2D eigenvalue weighted by molar-refractivity contribution is -0.140. The zero-order valence-corrected chi connectivity index (χ0v) is 23.6. The second-order valence-corrected chi connectivity index (χ2v) is 9.42. The first-order chi connectivity index (χ1) is 19.9. The molecule has 11 nitrogen and oxygen atoms in total. The lowest BCUT2D eigenvalue weighted by Gasteiger charge is -2.20. The van der Waals surface area contributed by atoms with Crippen LogP contribution in [0.1, 0.15) is 55.6 Å². The molecule has 2 heterocycles. The largest absolute Gasteiger partial charge is 0.487 e. The van der Waals surface area contributed by atoms with E-state index in [2.05, 4.69) is 39.1 Å². The minimum absolute atomic E-state index is 0.128. The summed E-state index contributed by atoms with van der Waals surface area (Å²) >= 11 is 0. The fraction of sp³-hybridized carbons (Fsp3) is 0.367. The van der Waals surface area contributed by atoms with Crippen molar-refractivity contribution in [3.05, 3.63) is 76.4 Å². The summed E-state index contributed by atoms with van der Waals surface area (Å²) < 4.78 is 17.4. The minimum atomic E-state index is -0.512. The molecule has 0 saturated heterocycles. The van der Waals surface area contributed by atoms with Gasteiger partial charge in [0.1, 0.15) is 23.6 Å². The smallest absolute Gasteiger partial charge is 0.362 e. The second kappa shape index (κ2) is 14.1. The van der Waals surface area contributed by atoms with Crippen molar-refractivity contribution in [3.8, 4) is 11.4 Å². The Bertz CT molecular complexity index is 1520. The number of esters is 1. The van der Waals surface area contributed by atoms with Gasteiger partial charge >= 0.3 is 11.6 Å². The van der Waals surface area contributed by atoms with Crippen molar-refractivity contribution in [2.45, 2.75) is 46.1 Å². The molecule has 2 aromatic carbocycles. The SMILES string of the molecule is CCN(CC)c1ccc2cc(-n3cc(COc4ccc(C(=O)NCCCCCC(=O)OC)cc4)nn3)c(=O)oc2c1. The Hall–Kier alpha value is -4.67. The summed E-state index contributed by atoms with van der Waals surface area (Å²) in [5.74, 6) is 0.169. The van der Waals surface area contributed by atoms with Crippen LogP contribution >= 0.6 is 0 Å². The van der Waals surface area contributed by atoms with Crippen molar-refractivity contribution in [1.82, 2.24) is 20.3 Å². The first-order valence-corrected chi connectivity index (χ1v) is 13.7. The lowest BCUT2D eigenvalue weighted by Crippen LogP contribution is -2.24. The van der Waals surface area contributed by atoms with Gasteiger partial charge in [0.05, 0.1) is 13.3 Å². The predicted octanol–water partition coefficient (Wildman–Crippen LogP) is 4.26. The van der Waals surface area contributed by atoms with E-state index >= 15 is 0 Å². The number of hydrogen-bond donors (Lipinski definition) is 1. The molecule has 0 aliphatic carbocycles. The molecule has 0 saturated carbocycles. The van der Waals surface area contributed by atoms with Crippen LogP contribution in [0.3, 0.4) is 0 Å². The third kappa shape index (κ3) is 7.71. The Morgan fingerprint density at radius 1 is 1.02 bits per heavy atom. The average Bonchev–Trinajstić information content (AvgIpc) is 3.46. The van der Waals surface area contributed by atoms with Crippen LogP contribution in [-0.4, -0.2) is 53.6 Å². The molecule has 0 aliphatic rings. The van der Waals surface area contributed by atoms with Gasteiger partial charge in [-0.1, -0.05) is 11.6 Å². The van der Waals surface area contributed by atoms with Gasteiger partial charge in [-0.25, -0.2) is 9.48 Å². The van der Waals surface area contributed by atoms with E-state index in [-0.39, 0.29) is 24.2 Å². The van der Waals surface area contributed by atoms with Crippen LogP contribution in [0.2, 0.25) is 0 Å². The predicted molar refractivity (Wildman–Crippen MR) is 155 cm³/mol. The molecule has 41 heavy (non-hydrogen) atoms. The van der Waals surface area contributed by atoms with E-state index in [4.69, 9.17) is 9.15 Å². The summed E-state index contributed by atoms with van der Waals surface area (Å²) in [7, 11) is 1.37. The molecule has 0 unspecified atom stereocenters. The molecule has 4 rings (SSSR count). The Morgan fingerprint density at radius 2 is 1.80 bits per heavy atom. The van der Waals surface area contributed by atoms with Crippen LogP contribution in [-0.2, 0) is 16.1 Å². The van der Waals surface area contributed by atoms with Gasteiger partial charge in [0.2, 0.25) is 0 Å². The number of rotatable bonds is 14. The van der Waals surface area contributed by atoms with E-state index in [0.29, 0.717) is 35.6 Å². The maximum atomic E-state index is 12.7. The number of amides is 1. The first-order valence-electron chi connectivity index (χ1n) is 13.7. The van der Waals surface area contributed by atoms with Gasteiger partial charge in [-0.3, -0.25) is 9.59 Å². The summed E-state index contributed by atoms with van der Waals surface area (Å²) in [4.78, 5) is 38.4. The fourth-order valence-electron chi connectivity index (χ4n) is 4.35. The molecule has 2 aromatic heterocycles. The molecular weight excluding hydrogens is 526 g/mol. The van der Waals surface area contributed by atoms with Crippen molar-refractivity contribution < 1.29 is 23.5 Å². The third-order valence-corrected chi connectivity index (χ3v) is 6.69. The quantitative estimate of drug-likeness (QED) is 0.136. The van der Waals surface area contributed by atoms with Gasteiger partial charge in [0.15, 0.2) is 5.69 Å².